The smallest absolute Gasteiger partial charge is 0.238 e. The van der Waals surface area contributed by atoms with Crippen LogP contribution < -0.4 is 9.88 Å². The summed E-state index contributed by atoms with van der Waals surface area (Å²) in [4.78, 5) is 5.67. The predicted molar refractivity (Wildman–Crippen MR) is 78.5 cm³/mol. The fourth-order valence-corrected chi connectivity index (χ4v) is 3.39. The summed E-state index contributed by atoms with van der Waals surface area (Å²) in [7, 11) is -3.69. The van der Waals surface area contributed by atoms with E-state index in [9.17, 15) is 8.42 Å². The number of hydrogen-bond donors (Lipinski definition) is 1. The van der Waals surface area contributed by atoms with E-state index in [-0.39, 0.29) is 4.90 Å². The molecule has 0 atom stereocenters. The molecule has 0 bridgehead atoms. The molecule has 0 aliphatic carbocycles. The van der Waals surface area contributed by atoms with Crippen molar-refractivity contribution >= 4 is 21.4 Å². The molecular weight excluding hydrogens is 296 g/mol. The number of ether oxygens (including phenoxy) is 1. The van der Waals surface area contributed by atoms with Gasteiger partial charge < -0.3 is 4.74 Å². The minimum atomic E-state index is -3.69. The maximum Gasteiger partial charge on any atom is 0.238 e. The Morgan fingerprint density at radius 1 is 1.30 bits per heavy atom. The molecule has 108 valence electrons. The Morgan fingerprint density at radius 3 is 2.50 bits per heavy atom. The number of rotatable bonds is 4. The van der Waals surface area contributed by atoms with Crippen LogP contribution >= 0.6 is 11.3 Å². The van der Waals surface area contributed by atoms with Crippen LogP contribution in [-0.4, -0.2) is 13.4 Å². The zero-order valence-corrected chi connectivity index (χ0v) is 13.1. The van der Waals surface area contributed by atoms with E-state index in [0.29, 0.717) is 17.9 Å². The van der Waals surface area contributed by atoms with Gasteiger partial charge in [0, 0.05) is 4.88 Å². The van der Waals surface area contributed by atoms with Crippen molar-refractivity contribution in [3.05, 3.63) is 39.3 Å². The Morgan fingerprint density at radius 2 is 2.00 bits per heavy atom. The van der Waals surface area contributed by atoms with Crippen LogP contribution in [0.4, 0.5) is 0 Å². The second kappa shape index (κ2) is 5.51. The molecule has 0 amide bonds. The molecule has 1 aromatic heterocycles. The van der Waals surface area contributed by atoms with Gasteiger partial charge in [-0.2, -0.15) is 0 Å². The topological polar surface area (TPSA) is 82.3 Å². The van der Waals surface area contributed by atoms with E-state index in [1.165, 1.54) is 10.9 Å². The molecule has 1 heterocycles. The SMILES string of the molecule is Cc1cc(OCc2nc(C)c(C)s2)ccc1S(N)(=O)=O. The largest absolute Gasteiger partial charge is 0.486 e. The van der Waals surface area contributed by atoms with E-state index in [2.05, 4.69) is 4.98 Å². The Kier molecular flexibility index (Phi) is 4.12. The normalized spacial score (nSPS) is 11.6. The van der Waals surface area contributed by atoms with E-state index in [4.69, 9.17) is 9.88 Å². The van der Waals surface area contributed by atoms with Gasteiger partial charge in [0.1, 0.15) is 17.4 Å². The fraction of sp³-hybridized carbons (Fsp3) is 0.308. The maximum atomic E-state index is 11.3. The van der Waals surface area contributed by atoms with Crippen molar-refractivity contribution in [2.24, 2.45) is 5.14 Å². The molecule has 2 aromatic rings. The summed E-state index contributed by atoms with van der Waals surface area (Å²) in [5.74, 6) is 0.598. The zero-order valence-electron chi connectivity index (χ0n) is 11.5. The minimum absolute atomic E-state index is 0.116. The Labute approximate surface area is 122 Å². The van der Waals surface area contributed by atoms with Crippen molar-refractivity contribution in [1.29, 1.82) is 0 Å². The van der Waals surface area contributed by atoms with Gasteiger partial charge in [-0.25, -0.2) is 18.5 Å². The number of aromatic nitrogens is 1. The van der Waals surface area contributed by atoms with Gasteiger partial charge in [-0.1, -0.05) is 0 Å². The summed E-state index contributed by atoms with van der Waals surface area (Å²) in [6.45, 7) is 6.03. The van der Waals surface area contributed by atoms with Crippen molar-refractivity contribution in [1.82, 2.24) is 4.98 Å². The summed E-state index contributed by atoms with van der Waals surface area (Å²) in [5.41, 5.74) is 1.57. The van der Waals surface area contributed by atoms with Crippen molar-refractivity contribution in [3.8, 4) is 5.75 Å². The van der Waals surface area contributed by atoms with Gasteiger partial charge in [0.2, 0.25) is 10.0 Å². The maximum absolute atomic E-state index is 11.3. The molecule has 0 saturated carbocycles. The fourth-order valence-electron chi connectivity index (χ4n) is 1.78. The first-order valence-electron chi connectivity index (χ1n) is 5.96. The predicted octanol–water partition coefficient (Wildman–Crippen LogP) is 2.29. The Hall–Kier alpha value is -1.44. The van der Waals surface area contributed by atoms with Crippen LogP contribution in [0.3, 0.4) is 0 Å². The molecule has 0 saturated heterocycles. The highest BCUT2D eigenvalue weighted by Crippen LogP contribution is 2.22. The number of primary sulfonamides is 1. The monoisotopic (exact) mass is 312 g/mol. The van der Waals surface area contributed by atoms with Crippen molar-refractivity contribution in [2.45, 2.75) is 32.3 Å². The van der Waals surface area contributed by atoms with Crippen LogP contribution in [0, 0.1) is 20.8 Å². The van der Waals surface area contributed by atoms with Gasteiger partial charge in [-0.3, -0.25) is 0 Å². The van der Waals surface area contributed by atoms with Crippen LogP contribution in [0.25, 0.3) is 0 Å². The lowest BCUT2D eigenvalue weighted by Crippen LogP contribution is -2.13. The standard InChI is InChI=1S/C13H16N2O3S2/c1-8-6-11(4-5-12(8)20(14,16)17)18-7-13-15-9(2)10(3)19-13/h4-6H,7H2,1-3H3,(H2,14,16,17). The first kappa shape index (κ1) is 15.0. The first-order valence-corrected chi connectivity index (χ1v) is 8.33. The van der Waals surface area contributed by atoms with Crippen LogP contribution in [-0.2, 0) is 16.6 Å². The number of hydrogen-bond acceptors (Lipinski definition) is 5. The molecule has 0 radical (unpaired) electrons. The quantitative estimate of drug-likeness (QED) is 0.939. The summed E-state index contributed by atoms with van der Waals surface area (Å²) < 4.78 is 28.2. The van der Waals surface area contributed by atoms with Gasteiger partial charge in [0.25, 0.3) is 0 Å². The van der Waals surface area contributed by atoms with E-state index in [1.54, 1.807) is 30.4 Å². The summed E-state index contributed by atoms with van der Waals surface area (Å²) >= 11 is 1.59. The van der Waals surface area contributed by atoms with E-state index in [1.807, 2.05) is 13.8 Å². The molecular formula is C13H16N2O3S2. The van der Waals surface area contributed by atoms with E-state index < -0.39 is 10.0 Å². The van der Waals surface area contributed by atoms with Crippen molar-refractivity contribution in [2.75, 3.05) is 0 Å². The first-order chi connectivity index (χ1) is 9.27. The third kappa shape index (κ3) is 3.36. The number of nitrogens with zero attached hydrogens (tertiary/aromatic N) is 1. The van der Waals surface area contributed by atoms with Crippen LogP contribution in [0.1, 0.15) is 21.1 Å². The molecule has 0 unspecified atom stereocenters. The van der Waals surface area contributed by atoms with E-state index in [0.717, 1.165) is 10.7 Å². The molecule has 0 spiro atoms. The lowest BCUT2D eigenvalue weighted by Gasteiger charge is -2.08. The third-order valence-corrected chi connectivity index (χ3v) is 5.01. The number of sulfonamides is 1. The summed E-state index contributed by atoms with van der Waals surface area (Å²) in [5, 5.41) is 6.01. The lowest BCUT2D eigenvalue weighted by molar-refractivity contribution is 0.305. The molecule has 1 aromatic carbocycles. The zero-order chi connectivity index (χ0) is 14.9. The van der Waals surface area contributed by atoms with Crippen molar-refractivity contribution < 1.29 is 13.2 Å². The molecule has 5 nitrogen and oxygen atoms in total. The minimum Gasteiger partial charge on any atom is -0.486 e. The highest BCUT2D eigenvalue weighted by molar-refractivity contribution is 7.89. The van der Waals surface area contributed by atoms with Gasteiger partial charge in [-0.05, 0) is 44.5 Å². The average Bonchev–Trinajstić information content (AvgIpc) is 2.65. The van der Waals surface area contributed by atoms with Gasteiger partial charge in [-0.15, -0.1) is 11.3 Å². The average molecular weight is 312 g/mol. The molecule has 7 heteroatoms. The molecule has 20 heavy (non-hydrogen) atoms. The number of thiazole rings is 1. The summed E-state index contributed by atoms with van der Waals surface area (Å²) in [6, 6.07) is 4.71. The molecule has 2 N–H and O–H groups in total. The number of aryl methyl sites for hydroxylation is 3. The molecule has 0 aliphatic rings. The number of benzene rings is 1. The van der Waals surface area contributed by atoms with Gasteiger partial charge in [0.05, 0.1) is 10.6 Å². The molecule has 0 aliphatic heterocycles. The molecule has 2 rings (SSSR count). The lowest BCUT2D eigenvalue weighted by atomic mass is 10.2. The van der Waals surface area contributed by atoms with Crippen LogP contribution in [0.5, 0.6) is 5.75 Å². The molecule has 0 fully saturated rings. The van der Waals surface area contributed by atoms with Gasteiger partial charge in [0.15, 0.2) is 0 Å². The van der Waals surface area contributed by atoms with Crippen LogP contribution in [0.2, 0.25) is 0 Å². The highest BCUT2D eigenvalue weighted by atomic mass is 32.2. The number of nitrogens with two attached hydrogens (primary N) is 1. The highest BCUT2D eigenvalue weighted by Gasteiger charge is 2.12. The summed E-state index contributed by atoms with van der Waals surface area (Å²) in [6.07, 6.45) is 0. The van der Waals surface area contributed by atoms with E-state index >= 15 is 0 Å². The second-order valence-electron chi connectivity index (χ2n) is 4.51. The van der Waals surface area contributed by atoms with Crippen LogP contribution in [0.15, 0.2) is 23.1 Å². The Bertz CT molecular complexity index is 717. The Balaban J connectivity index is 2.13. The third-order valence-electron chi connectivity index (χ3n) is 2.89. The second-order valence-corrected chi connectivity index (χ2v) is 7.33. The van der Waals surface area contributed by atoms with Gasteiger partial charge >= 0.3 is 0 Å². The van der Waals surface area contributed by atoms with Crippen molar-refractivity contribution in [3.63, 3.8) is 0 Å².